The average Bonchev–Trinajstić information content (AvgIpc) is 3.01. The molecule has 3 rings (SSSR count). The molecule has 3 aromatic rings. The molecule has 0 aliphatic carbocycles. The Hall–Kier alpha value is -2.16. The number of nitrogens with zero attached hydrogens (tertiary/aromatic N) is 4. The molecular weight excluding hydrogens is 303 g/mol. The topological polar surface area (TPSA) is 55.6 Å². The van der Waals surface area contributed by atoms with Gasteiger partial charge >= 0.3 is 6.18 Å². The van der Waals surface area contributed by atoms with Gasteiger partial charge < -0.3 is 5.32 Å². The molecule has 110 valence electrons. The van der Waals surface area contributed by atoms with Crippen molar-refractivity contribution in [2.45, 2.75) is 13.1 Å². The Kier molecular flexibility index (Phi) is 3.08. The lowest BCUT2D eigenvalue weighted by Crippen LogP contribution is -2.05. The summed E-state index contributed by atoms with van der Waals surface area (Å²) in [5.74, 6) is 0.660. The van der Waals surface area contributed by atoms with Gasteiger partial charge in [0.15, 0.2) is 5.82 Å². The van der Waals surface area contributed by atoms with Crippen LogP contribution in [0, 0.1) is 6.92 Å². The van der Waals surface area contributed by atoms with Crippen LogP contribution >= 0.6 is 11.3 Å². The molecule has 21 heavy (non-hydrogen) atoms. The SMILES string of the molecule is CNc1nc(-n2cc(C(F)(F)F)cn2)c2cc(C)sc2n1. The van der Waals surface area contributed by atoms with Gasteiger partial charge in [0.25, 0.3) is 0 Å². The molecule has 0 saturated carbocycles. The standard InChI is InChI=1S/C12H10F3N5S/c1-6-3-8-9(18-11(16-2)19-10(8)21-6)20-5-7(4-17-20)12(13,14)15/h3-5H,1-2H3,(H,16,18,19). The van der Waals surface area contributed by atoms with E-state index in [0.29, 0.717) is 22.0 Å². The zero-order valence-electron chi connectivity index (χ0n) is 11.1. The molecule has 3 heterocycles. The van der Waals surface area contributed by atoms with Crippen LogP contribution in [0.1, 0.15) is 10.4 Å². The minimum absolute atomic E-state index is 0.323. The van der Waals surface area contributed by atoms with Crippen LogP contribution < -0.4 is 5.32 Å². The Morgan fingerprint density at radius 3 is 2.67 bits per heavy atom. The Morgan fingerprint density at radius 1 is 1.29 bits per heavy atom. The second kappa shape index (κ2) is 4.69. The van der Waals surface area contributed by atoms with Crippen molar-refractivity contribution < 1.29 is 13.2 Å². The summed E-state index contributed by atoms with van der Waals surface area (Å²) in [5, 5.41) is 7.24. The molecule has 3 aromatic heterocycles. The molecule has 1 N–H and O–H groups in total. The number of rotatable bonds is 2. The fourth-order valence-corrected chi connectivity index (χ4v) is 2.77. The lowest BCUT2D eigenvalue weighted by Gasteiger charge is -2.05. The van der Waals surface area contributed by atoms with E-state index in [1.54, 1.807) is 7.05 Å². The predicted octanol–water partition coefficient (Wildman–Crippen LogP) is 3.25. The van der Waals surface area contributed by atoms with Crippen LogP contribution in [-0.4, -0.2) is 26.8 Å². The van der Waals surface area contributed by atoms with Crippen LogP contribution in [0.2, 0.25) is 0 Å². The molecule has 0 aliphatic heterocycles. The number of anilines is 1. The minimum atomic E-state index is -4.43. The number of alkyl halides is 3. The van der Waals surface area contributed by atoms with E-state index in [9.17, 15) is 13.2 Å². The molecule has 0 aliphatic rings. The van der Waals surface area contributed by atoms with Gasteiger partial charge in [-0.05, 0) is 13.0 Å². The summed E-state index contributed by atoms with van der Waals surface area (Å²) in [6, 6.07) is 1.84. The van der Waals surface area contributed by atoms with Crippen molar-refractivity contribution in [2.75, 3.05) is 12.4 Å². The van der Waals surface area contributed by atoms with Gasteiger partial charge in [0, 0.05) is 18.1 Å². The van der Waals surface area contributed by atoms with Crippen molar-refractivity contribution in [3.63, 3.8) is 0 Å². The van der Waals surface area contributed by atoms with Gasteiger partial charge in [0.2, 0.25) is 5.95 Å². The smallest absolute Gasteiger partial charge is 0.357 e. The van der Waals surface area contributed by atoms with Crippen molar-refractivity contribution in [3.05, 3.63) is 28.9 Å². The Balaban J connectivity index is 2.21. The first-order valence-corrected chi connectivity index (χ1v) is 6.78. The Labute approximate surface area is 121 Å². The molecule has 0 fully saturated rings. The van der Waals surface area contributed by atoms with Crippen LogP contribution in [0.3, 0.4) is 0 Å². The highest BCUT2D eigenvalue weighted by atomic mass is 32.1. The highest BCUT2D eigenvalue weighted by Gasteiger charge is 2.32. The Bertz CT molecular complexity index is 805. The summed E-state index contributed by atoms with van der Waals surface area (Å²) < 4.78 is 39.2. The second-order valence-electron chi connectivity index (χ2n) is 4.37. The maximum absolute atomic E-state index is 12.7. The van der Waals surface area contributed by atoms with Crippen molar-refractivity contribution in [2.24, 2.45) is 0 Å². The monoisotopic (exact) mass is 313 g/mol. The third-order valence-corrected chi connectivity index (χ3v) is 3.79. The van der Waals surface area contributed by atoms with Crippen molar-refractivity contribution in [1.29, 1.82) is 0 Å². The van der Waals surface area contributed by atoms with Crippen molar-refractivity contribution in [1.82, 2.24) is 19.7 Å². The van der Waals surface area contributed by atoms with Gasteiger partial charge in [-0.2, -0.15) is 23.3 Å². The van der Waals surface area contributed by atoms with Crippen molar-refractivity contribution >= 4 is 27.5 Å². The fourth-order valence-electron chi connectivity index (χ4n) is 1.90. The minimum Gasteiger partial charge on any atom is -0.357 e. The Morgan fingerprint density at radius 2 is 2.05 bits per heavy atom. The molecular formula is C12H10F3N5S. The maximum atomic E-state index is 12.7. The zero-order valence-corrected chi connectivity index (χ0v) is 11.9. The molecule has 0 saturated heterocycles. The molecule has 0 unspecified atom stereocenters. The van der Waals surface area contributed by atoms with Gasteiger partial charge in [-0.15, -0.1) is 11.3 Å². The number of halogens is 3. The number of hydrogen-bond acceptors (Lipinski definition) is 5. The number of thiophene rings is 1. The fraction of sp³-hybridized carbons (Fsp3) is 0.250. The summed E-state index contributed by atoms with van der Waals surface area (Å²) >= 11 is 1.45. The highest BCUT2D eigenvalue weighted by molar-refractivity contribution is 7.18. The van der Waals surface area contributed by atoms with E-state index < -0.39 is 11.7 Å². The van der Waals surface area contributed by atoms with Gasteiger partial charge in [0.05, 0.1) is 17.1 Å². The molecule has 0 amide bonds. The van der Waals surface area contributed by atoms with E-state index in [0.717, 1.165) is 22.0 Å². The molecule has 0 spiro atoms. The largest absolute Gasteiger partial charge is 0.419 e. The third-order valence-electron chi connectivity index (χ3n) is 2.85. The first-order chi connectivity index (χ1) is 9.88. The molecule has 0 radical (unpaired) electrons. The summed E-state index contributed by atoms with van der Waals surface area (Å²) in [6.45, 7) is 1.90. The van der Waals surface area contributed by atoms with E-state index in [1.165, 1.54) is 11.3 Å². The van der Waals surface area contributed by atoms with Crippen LogP contribution in [-0.2, 0) is 6.18 Å². The second-order valence-corrected chi connectivity index (χ2v) is 5.60. The van der Waals surface area contributed by atoms with Gasteiger partial charge in [-0.25, -0.2) is 9.67 Å². The molecule has 0 aromatic carbocycles. The molecule has 0 bridgehead atoms. The lowest BCUT2D eigenvalue weighted by molar-refractivity contribution is -0.137. The van der Waals surface area contributed by atoms with E-state index in [4.69, 9.17) is 0 Å². The van der Waals surface area contributed by atoms with E-state index in [-0.39, 0.29) is 0 Å². The summed E-state index contributed by atoms with van der Waals surface area (Å²) in [7, 11) is 1.65. The van der Waals surface area contributed by atoms with E-state index in [2.05, 4.69) is 20.4 Å². The number of aryl methyl sites for hydroxylation is 1. The lowest BCUT2D eigenvalue weighted by atomic mass is 10.3. The molecule has 0 atom stereocenters. The van der Waals surface area contributed by atoms with Crippen LogP contribution in [0.5, 0.6) is 0 Å². The van der Waals surface area contributed by atoms with Crippen LogP contribution in [0.15, 0.2) is 18.5 Å². The van der Waals surface area contributed by atoms with Crippen molar-refractivity contribution in [3.8, 4) is 5.82 Å². The maximum Gasteiger partial charge on any atom is 0.419 e. The van der Waals surface area contributed by atoms with Gasteiger partial charge in [-0.1, -0.05) is 0 Å². The number of aromatic nitrogens is 4. The zero-order chi connectivity index (χ0) is 15.2. The first-order valence-electron chi connectivity index (χ1n) is 5.96. The van der Waals surface area contributed by atoms with E-state index >= 15 is 0 Å². The van der Waals surface area contributed by atoms with E-state index in [1.807, 2.05) is 13.0 Å². The quantitative estimate of drug-likeness (QED) is 0.789. The summed E-state index contributed by atoms with van der Waals surface area (Å²) in [6.07, 6.45) is -2.72. The summed E-state index contributed by atoms with van der Waals surface area (Å²) in [5.41, 5.74) is -0.813. The normalized spacial score (nSPS) is 12.0. The van der Waals surface area contributed by atoms with Crippen LogP contribution in [0.4, 0.5) is 19.1 Å². The van der Waals surface area contributed by atoms with Crippen LogP contribution in [0.25, 0.3) is 16.0 Å². The predicted molar refractivity (Wildman–Crippen MR) is 73.8 cm³/mol. The number of fused-ring (bicyclic) bond motifs is 1. The van der Waals surface area contributed by atoms with Gasteiger partial charge in [0.1, 0.15) is 4.83 Å². The van der Waals surface area contributed by atoms with Gasteiger partial charge in [-0.3, -0.25) is 0 Å². The highest BCUT2D eigenvalue weighted by Crippen LogP contribution is 2.31. The summed E-state index contributed by atoms with van der Waals surface area (Å²) in [4.78, 5) is 10.2. The number of nitrogens with one attached hydrogen (secondary N) is 1. The number of hydrogen-bond donors (Lipinski definition) is 1. The average molecular weight is 313 g/mol. The first kappa shape index (κ1) is 13.8. The molecule has 9 heteroatoms. The third kappa shape index (κ3) is 2.44. The molecule has 5 nitrogen and oxygen atoms in total.